The highest BCUT2D eigenvalue weighted by Gasteiger charge is 2.30. The quantitative estimate of drug-likeness (QED) is 0.123. The van der Waals surface area contributed by atoms with E-state index >= 15 is 0 Å². The number of aromatic nitrogens is 8. The molecule has 0 amide bonds. The van der Waals surface area contributed by atoms with Crippen molar-refractivity contribution in [1.82, 2.24) is 49.3 Å². The van der Waals surface area contributed by atoms with Crippen LogP contribution in [-0.4, -0.2) is 94.3 Å². The molecule has 15 nitrogen and oxygen atoms in total. The Balaban J connectivity index is 0.812. The van der Waals surface area contributed by atoms with Crippen LogP contribution in [0.3, 0.4) is 0 Å². The fraction of sp³-hybridized carbons (Fsp3) is 0.255. The molecular weight excluding hydrogens is 781 g/mol. The first-order valence-electron chi connectivity index (χ1n) is 21.0. The van der Waals surface area contributed by atoms with Crippen molar-refractivity contribution in [3.05, 3.63) is 122 Å². The molecule has 15 heteroatoms. The van der Waals surface area contributed by atoms with Gasteiger partial charge in [-0.3, -0.25) is 14.6 Å². The number of benzene rings is 4. The number of fused-ring (bicyclic) bond motifs is 2. The molecule has 4 aromatic carbocycles. The van der Waals surface area contributed by atoms with Crippen LogP contribution in [0.2, 0.25) is 0 Å². The standard InChI is InChI=1S/C47H46N12O3/c48-44-40-42(31-15-19-38(20-16-31)61-36-11-3-1-4-12-36)54-58(46(40)52-29-50-44)33-9-7-23-56(25-33)27-35(60)28-57-24-8-10-34(26-57)59-47-41(45(49)51-30-53-47)43(55-59)32-17-21-39(22-18-32)62-37-13-5-2-6-14-37/h1-6,11-22,29-30,33-34H,7-10,23-28H2,(H2,48,50,52)(H2,49,51,53). The van der Waals surface area contributed by atoms with E-state index in [9.17, 15) is 4.79 Å². The molecular formula is C47H46N12O3. The second kappa shape index (κ2) is 17.0. The van der Waals surface area contributed by atoms with Gasteiger partial charge < -0.3 is 20.9 Å². The summed E-state index contributed by atoms with van der Waals surface area (Å²) in [6.07, 6.45) is 6.63. The van der Waals surface area contributed by atoms with E-state index in [-0.39, 0.29) is 17.9 Å². The Labute approximate surface area is 357 Å². The highest BCUT2D eigenvalue weighted by molar-refractivity contribution is 5.99. The van der Waals surface area contributed by atoms with Gasteiger partial charge in [-0.15, -0.1) is 0 Å². The van der Waals surface area contributed by atoms with Gasteiger partial charge in [0.1, 0.15) is 58.7 Å². The number of Topliss-reactive ketones (excluding diaryl/α,β-unsaturated/α-hetero) is 1. The van der Waals surface area contributed by atoms with Crippen LogP contribution >= 0.6 is 0 Å². The number of ketones is 1. The van der Waals surface area contributed by atoms with E-state index < -0.39 is 0 Å². The summed E-state index contributed by atoms with van der Waals surface area (Å²) in [5.41, 5.74) is 17.5. The highest BCUT2D eigenvalue weighted by Crippen LogP contribution is 2.37. The van der Waals surface area contributed by atoms with E-state index in [0.717, 1.165) is 95.1 Å². The molecule has 2 unspecified atom stereocenters. The smallest absolute Gasteiger partial charge is 0.164 e. The number of anilines is 2. The van der Waals surface area contributed by atoms with Gasteiger partial charge in [0.25, 0.3) is 0 Å². The van der Waals surface area contributed by atoms with Crippen molar-refractivity contribution in [2.24, 2.45) is 0 Å². The summed E-state index contributed by atoms with van der Waals surface area (Å²) in [6.45, 7) is 3.71. The van der Waals surface area contributed by atoms with Crippen molar-refractivity contribution < 1.29 is 14.3 Å². The van der Waals surface area contributed by atoms with Crippen LogP contribution in [0.4, 0.5) is 11.6 Å². The van der Waals surface area contributed by atoms with Gasteiger partial charge in [0.15, 0.2) is 17.1 Å². The third-order valence-corrected chi connectivity index (χ3v) is 11.7. The fourth-order valence-corrected chi connectivity index (χ4v) is 8.81. The molecule has 2 aliphatic rings. The highest BCUT2D eigenvalue weighted by atomic mass is 16.5. The maximum atomic E-state index is 13.8. The third-order valence-electron chi connectivity index (χ3n) is 11.7. The predicted octanol–water partition coefficient (Wildman–Crippen LogP) is 7.59. The lowest BCUT2D eigenvalue weighted by Gasteiger charge is -2.34. The summed E-state index contributed by atoms with van der Waals surface area (Å²) in [7, 11) is 0. The van der Waals surface area contributed by atoms with Crippen molar-refractivity contribution in [2.45, 2.75) is 37.8 Å². The molecule has 4 N–H and O–H groups in total. The van der Waals surface area contributed by atoms with Crippen molar-refractivity contribution in [1.29, 1.82) is 0 Å². The molecule has 0 saturated carbocycles. The topological polar surface area (TPSA) is 181 Å². The summed E-state index contributed by atoms with van der Waals surface area (Å²) >= 11 is 0. The van der Waals surface area contributed by atoms with Crippen LogP contribution in [0.25, 0.3) is 44.6 Å². The van der Waals surface area contributed by atoms with Gasteiger partial charge in [-0.1, -0.05) is 36.4 Å². The Kier molecular flexibility index (Phi) is 10.7. The number of hydrogen-bond acceptors (Lipinski definition) is 13. The molecule has 0 bridgehead atoms. The predicted molar refractivity (Wildman–Crippen MR) is 238 cm³/mol. The van der Waals surface area contributed by atoms with Crippen LogP contribution in [0, 0.1) is 0 Å². The van der Waals surface area contributed by atoms with Gasteiger partial charge in [-0.25, -0.2) is 29.3 Å². The number of carbonyl (C=O) groups excluding carboxylic acids is 1. The minimum absolute atomic E-state index is 0.00599. The van der Waals surface area contributed by atoms with E-state index in [1.54, 1.807) is 0 Å². The lowest BCUT2D eigenvalue weighted by Crippen LogP contribution is -2.45. The Morgan fingerprint density at radius 3 is 1.37 bits per heavy atom. The zero-order valence-corrected chi connectivity index (χ0v) is 34.1. The summed E-state index contributed by atoms with van der Waals surface area (Å²) in [4.78, 5) is 36.3. The molecule has 2 aliphatic heterocycles. The molecule has 312 valence electrons. The van der Waals surface area contributed by atoms with Crippen LogP contribution in [0.5, 0.6) is 23.0 Å². The molecule has 62 heavy (non-hydrogen) atoms. The van der Waals surface area contributed by atoms with Crippen LogP contribution in [0.15, 0.2) is 122 Å². The number of piperidine rings is 2. The maximum absolute atomic E-state index is 13.8. The molecule has 2 fully saturated rings. The van der Waals surface area contributed by atoms with Crippen molar-refractivity contribution >= 4 is 39.5 Å². The number of hydrogen-bond donors (Lipinski definition) is 2. The van der Waals surface area contributed by atoms with Crippen molar-refractivity contribution in [3.8, 4) is 45.5 Å². The van der Waals surface area contributed by atoms with Crippen molar-refractivity contribution in [3.63, 3.8) is 0 Å². The molecule has 4 aromatic heterocycles. The molecule has 6 heterocycles. The molecule has 2 saturated heterocycles. The van der Waals surface area contributed by atoms with Gasteiger partial charge in [-0.05, 0) is 112 Å². The normalized spacial score (nSPS) is 17.4. The Bertz CT molecular complexity index is 2640. The number of ether oxygens (including phenoxy) is 2. The van der Waals surface area contributed by atoms with Crippen molar-refractivity contribution in [2.75, 3.05) is 50.7 Å². The van der Waals surface area contributed by atoms with E-state index in [4.69, 9.17) is 31.1 Å². The summed E-state index contributed by atoms with van der Waals surface area (Å²) in [5, 5.41) is 11.7. The second-order valence-corrected chi connectivity index (χ2v) is 16.0. The minimum atomic E-state index is 0.00599. The van der Waals surface area contributed by atoms with E-state index in [1.807, 2.05) is 119 Å². The first-order valence-corrected chi connectivity index (χ1v) is 21.0. The SMILES string of the molecule is Nc1ncnc2c1c(-c1ccc(Oc3ccccc3)cc1)nn2C1CCCN(CC(=O)CN2CCCC(n3nc(-c4ccc(Oc5ccccc5)cc4)c4c(N)ncnc43)C2)C1. The average Bonchev–Trinajstić information content (AvgIpc) is 3.89. The fourth-order valence-electron chi connectivity index (χ4n) is 8.81. The maximum Gasteiger partial charge on any atom is 0.164 e. The van der Waals surface area contributed by atoms with Gasteiger partial charge in [-0.2, -0.15) is 10.2 Å². The first-order chi connectivity index (χ1) is 30.4. The first kappa shape index (κ1) is 38.9. The van der Waals surface area contributed by atoms with E-state index in [0.29, 0.717) is 49.1 Å². The second-order valence-electron chi connectivity index (χ2n) is 16.0. The Hall–Kier alpha value is -7.23. The lowest BCUT2D eigenvalue weighted by atomic mass is 10.0. The molecule has 2 atom stereocenters. The third kappa shape index (κ3) is 8.02. The van der Waals surface area contributed by atoms with Crippen LogP contribution < -0.4 is 20.9 Å². The molecule has 10 rings (SSSR count). The van der Waals surface area contributed by atoms with E-state index in [1.165, 1.54) is 12.7 Å². The molecule has 0 spiro atoms. The number of likely N-dealkylation sites (tertiary alicyclic amines) is 2. The number of carbonyl (C=O) groups is 1. The zero-order chi connectivity index (χ0) is 42.0. The number of rotatable bonds is 12. The average molecular weight is 827 g/mol. The summed E-state index contributed by atoms with van der Waals surface area (Å²) < 4.78 is 16.0. The number of para-hydroxylation sites is 2. The number of nitrogens with zero attached hydrogens (tertiary/aromatic N) is 10. The Morgan fingerprint density at radius 1 is 0.548 bits per heavy atom. The van der Waals surface area contributed by atoms with Crippen LogP contribution in [-0.2, 0) is 4.79 Å². The summed E-state index contributed by atoms with van der Waals surface area (Å²) in [6, 6.07) is 35.0. The molecule has 0 radical (unpaired) electrons. The van der Waals surface area contributed by atoms with Gasteiger partial charge in [0.05, 0.1) is 35.9 Å². The number of nitrogens with two attached hydrogens (primary N) is 2. The lowest BCUT2D eigenvalue weighted by molar-refractivity contribution is -0.122. The van der Waals surface area contributed by atoms with E-state index in [2.05, 4.69) is 29.7 Å². The Morgan fingerprint density at radius 2 is 0.952 bits per heavy atom. The number of nitrogen functional groups attached to an aromatic ring is 2. The van der Waals surface area contributed by atoms with Gasteiger partial charge in [0, 0.05) is 24.2 Å². The van der Waals surface area contributed by atoms with Gasteiger partial charge in [0.2, 0.25) is 0 Å². The molecule has 8 aromatic rings. The zero-order valence-electron chi connectivity index (χ0n) is 34.1. The minimum Gasteiger partial charge on any atom is -0.457 e. The van der Waals surface area contributed by atoms with Crippen LogP contribution in [0.1, 0.15) is 37.8 Å². The summed E-state index contributed by atoms with van der Waals surface area (Å²) in [5.74, 6) is 3.90. The molecule has 0 aliphatic carbocycles. The van der Waals surface area contributed by atoms with Gasteiger partial charge >= 0.3 is 0 Å². The largest absolute Gasteiger partial charge is 0.457 e. The monoisotopic (exact) mass is 826 g/mol.